The van der Waals surface area contributed by atoms with E-state index in [-0.39, 0.29) is 18.9 Å². The van der Waals surface area contributed by atoms with Gasteiger partial charge in [-0.2, -0.15) is 0 Å². The number of carbonyl (C=O) groups excluding carboxylic acids is 4. The summed E-state index contributed by atoms with van der Waals surface area (Å²) in [6, 6.07) is 13.2. The van der Waals surface area contributed by atoms with Crippen molar-refractivity contribution < 1.29 is 33.4 Å². The van der Waals surface area contributed by atoms with Crippen LogP contribution in [0.1, 0.15) is 23.7 Å². The lowest BCUT2D eigenvalue weighted by Gasteiger charge is -2.19. The molecule has 9 heteroatoms. The first kappa shape index (κ1) is 22.8. The van der Waals surface area contributed by atoms with E-state index in [0.717, 1.165) is 0 Å². The Morgan fingerprint density at radius 3 is 2.50 bits per heavy atom. The normalized spacial score (nSPS) is 15.2. The van der Waals surface area contributed by atoms with Crippen LogP contribution in [0.5, 0.6) is 5.75 Å². The monoisotopic (exact) mass is 440 g/mol. The number of hydrogen-bond acceptors (Lipinski definition) is 7. The summed E-state index contributed by atoms with van der Waals surface area (Å²) in [4.78, 5) is 49.9. The molecule has 2 aromatic carbocycles. The van der Waals surface area contributed by atoms with Gasteiger partial charge in [-0.1, -0.05) is 12.1 Å². The molecule has 9 nitrogen and oxygen atoms in total. The quantitative estimate of drug-likeness (QED) is 0.628. The lowest BCUT2D eigenvalue weighted by Crippen LogP contribution is -2.28. The molecule has 0 saturated carbocycles. The van der Waals surface area contributed by atoms with Crippen molar-refractivity contribution in [3.63, 3.8) is 0 Å². The van der Waals surface area contributed by atoms with Crippen LogP contribution in [0.15, 0.2) is 48.5 Å². The van der Waals surface area contributed by atoms with E-state index in [1.165, 1.54) is 36.3 Å². The van der Waals surface area contributed by atoms with Gasteiger partial charge in [-0.3, -0.25) is 14.4 Å². The highest BCUT2D eigenvalue weighted by atomic mass is 16.5. The number of esters is 2. The molecular weight excluding hydrogens is 416 g/mol. The van der Waals surface area contributed by atoms with Crippen LogP contribution < -0.4 is 15.0 Å². The number of ether oxygens (including phenoxy) is 3. The highest BCUT2D eigenvalue weighted by Crippen LogP contribution is 2.33. The van der Waals surface area contributed by atoms with E-state index in [4.69, 9.17) is 9.47 Å². The minimum Gasteiger partial charge on any atom is -0.492 e. The summed E-state index contributed by atoms with van der Waals surface area (Å²) >= 11 is 0. The summed E-state index contributed by atoms with van der Waals surface area (Å²) in [6.07, 6.45) is -0.00407. The lowest BCUT2D eigenvalue weighted by atomic mass is 10.1. The van der Waals surface area contributed by atoms with Crippen molar-refractivity contribution in [2.24, 2.45) is 5.92 Å². The highest BCUT2D eigenvalue weighted by molar-refractivity contribution is 6.01. The van der Waals surface area contributed by atoms with E-state index in [1.807, 2.05) is 13.0 Å². The second-order valence-corrected chi connectivity index (χ2v) is 7.03. The van der Waals surface area contributed by atoms with E-state index >= 15 is 0 Å². The molecule has 0 spiro atoms. The predicted octanol–water partition coefficient (Wildman–Crippen LogP) is 2.41. The molecule has 0 aliphatic carbocycles. The van der Waals surface area contributed by atoms with Crippen LogP contribution in [0.25, 0.3) is 0 Å². The van der Waals surface area contributed by atoms with Gasteiger partial charge in [0.2, 0.25) is 5.91 Å². The van der Waals surface area contributed by atoms with Crippen molar-refractivity contribution in [3.8, 4) is 5.75 Å². The molecule has 1 aliphatic rings. The van der Waals surface area contributed by atoms with Crippen LogP contribution in [-0.4, -0.2) is 50.6 Å². The molecule has 1 fully saturated rings. The van der Waals surface area contributed by atoms with Gasteiger partial charge in [-0.05, 0) is 43.3 Å². The van der Waals surface area contributed by atoms with Gasteiger partial charge < -0.3 is 24.4 Å². The summed E-state index contributed by atoms with van der Waals surface area (Å²) in [5, 5.41) is 2.57. The van der Waals surface area contributed by atoms with Gasteiger partial charge in [0, 0.05) is 18.7 Å². The first-order chi connectivity index (χ1) is 15.4. The Labute approximate surface area is 185 Å². The molecule has 3 rings (SSSR count). The second-order valence-electron chi connectivity index (χ2n) is 7.03. The minimum absolute atomic E-state index is 0.00407. The summed E-state index contributed by atoms with van der Waals surface area (Å²) in [7, 11) is 1.28. The maximum absolute atomic E-state index is 12.5. The van der Waals surface area contributed by atoms with Crippen molar-refractivity contribution in [1.29, 1.82) is 0 Å². The van der Waals surface area contributed by atoms with Crippen LogP contribution >= 0.6 is 0 Å². The average Bonchev–Trinajstić information content (AvgIpc) is 3.19. The molecule has 1 N–H and O–H groups in total. The third-order valence-corrected chi connectivity index (χ3v) is 4.85. The Morgan fingerprint density at radius 1 is 1.09 bits per heavy atom. The number of nitrogens with one attached hydrogen (secondary N) is 1. The van der Waals surface area contributed by atoms with Crippen LogP contribution in [0.4, 0.5) is 11.4 Å². The first-order valence-electron chi connectivity index (χ1n) is 10.1. The number of nitrogens with zero attached hydrogens (tertiary/aromatic N) is 1. The summed E-state index contributed by atoms with van der Waals surface area (Å²) in [5.41, 5.74) is 1.38. The molecule has 32 heavy (non-hydrogen) atoms. The Balaban J connectivity index is 1.52. The van der Waals surface area contributed by atoms with Gasteiger partial charge in [0.1, 0.15) is 5.75 Å². The van der Waals surface area contributed by atoms with Crippen LogP contribution in [0.2, 0.25) is 0 Å². The number of para-hydroxylation sites is 2. The van der Waals surface area contributed by atoms with E-state index in [2.05, 4.69) is 10.1 Å². The topological polar surface area (TPSA) is 111 Å². The number of anilines is 2. The van der Waals surface area contributed by atoms with Crippen molar-refractivity contribution >= 4 is 35.1 Å². The minimum atomic E-state index is -0.677. The Bertz CT molecular complexity index is 1000. The van der Waals surface area contributed by atoms with Crippen LogP contribution in [0.3, 0.4) is 0 Å². The predicted molar refractivity (Wildman–Crippen MR) is 115 cm³/mol. The van der Waals surface area contributed by atoms with Gasteiger partial charge >= 0.3 is 11.9 Å². The number of amides is 2. The summed E-state index contributed by atoms with van der Waals surface area (Å²) in [5.74, 6) is -1.97. The maximum Gasteiger partial charge on any atom is 0.337 e. The molecule has 168 valence electrons. The van der Waals surface area contributed by atoms with E-state index < -0.39 is 30.4 Å². The third kappa shape index (κ3) is 5.42. The number of methoxy groups -OCH3 is 1. The van der Waals surface area contributed by atoms with Crippen LogP contribution in [-0.2, 0) is 23.9 Å². The van der Waals surface area contributed by atoms with Gasteiger partial charge in [0.15, 0.2) is 6.61 Å². The largest absolute Gasteiger partial charge is 0.492 e. The zero-order valence-corrected chi connectivity index (χ0v) is 17.8. The fraction of sp³-hybridized carbons (Fsp3) is 0.304. The van der Waals surface area contributed by atoms with E-state index in [1.54, 1.807) is 18.2 Å². The number of benzene rings is 2. The smallest absolute Gasteiger partial charge is 0.337 e. The van der Waals surface area contributed by atoms with E-state index in [0.29, 0.717) is 29.3 Å². The summed E-state index contributed by atoms with van der Waals surface area (Å²) in [6.45, 7) is 1.96. The van der Waals surface area contributed by atoms with Gasteiger partial charge in [0.05, 0.1) is 30.9 Å². The Kier molecular flexibility index (Phi) is 7.43. The van der Waals surface area contributed by atoms with Crippen molar-refractivity contribution in [3.05, 3.63) is 54.1 Å². The summed E-state index contributed by atoms with van der Waals surface area (Å²) < 4.78 is 15.3. The molecule has 0 unspecified atom stereocenters. The molecule has 1 aliphatic heterocycles. The Hall–Kier alpha value is -3.88. The second kappa shape index (κ2) is 10.4. The fourth-order valence-corrected chi connectivity index (χ4v) is 3.32. The zero-order chi connectivity index (χ0) is 23.1. The number of rotatable bonds is 8. The van der Waals surface area contributed by atoms with Crippen molar-refractivity contribution in [1.82, 2.24) is 0 Å². The SMILES string of the molecule is CCOc1ccccc1N1C[C@@H](C(=O)OCC(=O)Nc2ccc(C(=O)OC)cc2)CC1=O. The van der Waals surface area contributed by atoms with Gasteiger partial charge in [-0.25, -0.2) is 4.79 Å². The molecule has 0 aromatic heterocycles. The number of carbonyl (C=O) groups is 4. The maximum atomic E-state index is 12.5. The zero-order valence-electron chi connectivity index (χ0n) is 17.8. The molecule has 2 aromatic rings. The van der Waals surface area contributed by atoms with Gasteiger partial charge in [-0.15, -0.1) is 0 Å². The highest BCUT2D eigenvalue weighted by Gasteiger charge is 2.37. The Morgan fingerprint density at radius 2 is 1.81 bits per heavy atom. The van der Waals surface area contributed by atoms with Gasteiger partial charge in [0.25, 0.3) is 5.91 Å². The molecule has 1 atom stereocenters. The number of hydrogen-bond donors (Lipinski definition) is 1. The average molecular weight is 440 g/mol. The molecule has 1 saturated heterocycles. The molecule has 0 bridgehead atoms. The van der Waals surface area contributed by atoms with E-state index in [9.17, 15) is 19.2 Å². The molecule has 0 radical (unpaired) electrons. The molecule has 1 heterocycles. The molecule has 2 amide bonds. The van der Waals surface area contributed by atoms with Crippen LogP contribution in [0, 0.1) is 5.92 Å². The molecular formula is C23H24N2O7. The lowest BCUT2D eigenvalue weighted by molar-refractivity contribution is -0.151. The van der Waals surface area contributed by atoms with Crippen molar-refractivity contribution in [2.75, 3.05) is 37.1 Å². The first-order valence-corrected chi connectivity index (χ1v) is 10.1. The standard InChI is InChI=1S/C23H24N2O7/c1-3-31-19-7-5-4-6-18(19)25-13-16(12-21(25)27)23(29)32-14-20(26)24-17-10-8-15(9-11-17)22(28)30-2/h4-11,16H,3,12-14H2,1-2H3,(H,24,26)/t16-/m0/s1. The van der Waals surface area contributed by atoms with Crippen molar-refractivity contribution in [2.45, 2.75) is 13.3 Å². The fourth-order valence-electron chi connectivity index (χ4n) is 3.32. The third-order valence-electron chi connectivity index (χ3n) is 4.85.